The highest BCUT2D eigenvalue weighted by atomic mass is 16.3. The van der Waals surface area contributed by atoms with Gasteiger partial charge in [-0.15, -0.1) is 0 Å². The van der Waals surface area contributed by atoms with E-state index in [1.165, 1.54) is 38.6 Å². The first-order valence-electron chi connectivity index (χ1n) is 22.8. The molecule has 13 rings (SSSR count). The standard InChI is InChI=1S/C64H41NO2/c1-2-11-48-41-51(27-26-42(48)10-1)50-13-7-12-49(40-50)45-24-22-43(23-25-45)44-28-34-52(35-29-44)65(53-36-30-46(31-37-53)55-16-8-20-61-63(55)57-14-3-5-18-59(57)66-61)54-38-32-47(33-39-54)56-17-9-21-62-64(56)58-15-4-6-19-60(58)67-62/h1-41H. The molecule has 13 aromatic rings. The van der Waals surface area contributed by atoms with E-state index in [4.69, 9.17) is 8.83 Å². The summed E-state index contributed by atoms with van der Waals surface area (Å²) in [5, 5.41) is 7.03. The monoisotopic (exact) mass is 855 g/mol. The fraction of sp³-hybridized carbons (Fsp3) is 0. The van der Waals surface area contributed by atoms with Crippen LogP contribution >= 0.6 is 0 Å². The van der Waals surface area contributed by atoms with E-state index in [0.29, 0.717) is 0 Å². The SMILES string of the molecule is c1cc(-c2ccc(-c3ccc(N(c4ccc(-c5cccc6oc7ccccc7c56)cc4)c4ccc(-c5cccc6oc7ccccc7c56)cc4)cc3)cc2)cc(-c2ccc3ccccc3c2)c1. The second-order valence-corrected chi connectivity index (χ2v) is 17.2. The third-order valence-corrected chi connectivity index (χ3v) is 13.3. The number of nitrogens with zero attached hydrogens (tertiary/aromatic N) is 1. The predicted octanol–water partition coefficient (Wildman–Crippen LogP) is 18.4. The lowest BCUT2D eigenvalue weighted by Crippen LogP contribution is -2.09. The zero-order valence-electron chi connectivity index (χ0n) is 36.4. The number of fused-ring (bicyclic) bond motifs is 7. The van der Waals surface area contributed by atoms with Crippen LogP contribution in [0, 0.1) is 0 Å². The Bertz CT molecular complexity index is 3790. The van der Waals surface area contributed by atoms with Gasteiger partial charge >= 0.3 is 0 Å². The van der Waals surface area contributed by atoms with Crippen LogP contribution in [0.4, 0.5) is 17.1 Å². The van der Waals surface area contributed by atoms with Crippen molar-refractivity contribution in [2.24, 2.45) is 0 Å². The van der Waals surface area contributed by atoms with E-state index < -0.39 is 0 Å². The molecule has 2 heterocycles. The van der Waals surface area contributed by atoms with Crippen LogP contribution in [0.2, 0.25) is 0 Å². The Labute approximate surface area is 388 Å². The molecule has 0 atom stereocenters. The maximum Gasteiger partial charge on any atom is 0.136 e. The maximum absolute atomic E-state index is 6.26. The molecule has 0 bridgehead atoms. The number of benzene rings is 11. The van der Waals surface area contributed by atoms with Crippen molar-refractivity contribution in [3.8, 4) is 55.6 Å². The van der Waals surface area contributed by atoms with Gasteiger partial charge in [-0.2, -0.15) is 0 Å². The molecule has 0 aliphatic rings. The average molecular weight is 856 g/mol. The Morgan fingerprint density at radius 1 is 0.239 bits per heavy atom. The summed E-state index contributed by atoms with van der Waals surface area (Å²) in [6, 6.07) is 89.0. The average Bonchev–Trinajstić information content (AvgIpc) is 3.98. The van der Waals surface area contributed by atoms with Gasteiger partial charge in [-0.1, -0.05) is 176 Å². The molecule has 0 fully saturated rings. The van der Waals surface area contributed by atoms with E-state index in [-0.39, 0.29) is 0 Å². The first kappa shape index (κ1) is 38.5. The fourth-order valence-electron chi connectivity index (χ4n) is 9.96. The number of anilines is 3. The third-order valence-electron chi connectivity index (χ3n) is 13.3. The summed E-state index contributed by atoms with van der Waals surface area (Å²) in [5.41, 5.74) is 18.5. The summed E-state index contributed by atoms with van der Waals surface area (Å²) < 4.78 is 12.5. The van der Waals surface area contributed by atoms with Crippen LogP contribution in [0.25, 0.3) is 110 Å². The lowest BCUT2D eigenvalue weighted by molar-refractivity contribution is 0.668. The number of hydrogen-bond donors (Lipinski definition) is 0. The molecule has 67 heavy (non-hydrogen) atoms. The van der Waals surface area contributed by atoms with Gasteiger partial charge in [-0.05, 0) is 139 Å². The highest BCUT2D eigenvalue weighted by Crippen LogP contribution is 2.42. The summed E-state index contributed by atoms with van der Waals surface area (Å²) >= 11 is 0. The summed E-state index contributed by atoms with van der Waals surface area (Å²) in [6.45, 7) is 0. The molecule has 0 unspecified atom stereocenters. The zero-order valence-corrected chi connectivity index (χ0v) is 36.4. The van der Waals surface area contributed by atoms with E-state index >= 15 is 0 Å². The molecule has 0 N–H and O–H groups in total. The third kappa shape index (κ3) is 6.84. The molecule has 11 aromatic carbocycles. The van der Waals surface area contributed by atoms with Gasteiger partial charge in [0.15, 0.2) is 0 Å². The van der Waals surface area contributed by atoms with Crippen molar-refractivity contribution in [1.29, 1.82) is 0 Å². The van der Waals surface area contributed by atoms with E-state index in [2.05, 4.69) is 229 Å². The van der Waals surface area contributed by atoms with Crippen molar-refractivity contribution in [3.63, 3.8) is 0 Å². The van der Waals surface area contributed by atoms with Crippen molar-refractivity contribution in [1.82, 2.24) is 0 Å². The number of hydrogen-bond acceptors (Lipinski definition) is 3. The smallest absolute Gasteiger partial charge is 0.136 e. The Hall–Kier alpha value is -8.92. The summed E-state index contributed by atoms with van der Waals surface area (Å²) in [7, 11) is 0. The lowest BCUT2D eigenvalue weighted by Gasteiger charge is -2.26. The fourth-order valence-corrected chi connectivity index (χ4v) is 9.96. The Balaban J connectivity index is 0.841. The highest BCUT2D eigenvalue weighted by Gasteiger charge is 2.18. The molecule has 0 radical (unpaired) electrons. The van der Waals surface area contributed by atoms with Gasteiger partial charge in [0.25, 0.3) is 0 Å². The van der Waals surface area contributed by atoms with Gasteiger partial charge in [-0.3, -0.25) is 0 Å². The van der Waals surface area contributed by atoms with Crippen LogP contribution < -0.4 is 4.90 Å². The molecule has 3 nitrogen and oxygen atoms in total. The van der Waals surface area contributed by atoms with E-state index in [1.807, 2.05) is 24.3 Å². The van der Waals surface area contributed by atoms with Crippen LogP contribution in [0.5, 0.6) is 0 Å². The number of para-hydroxylation sites is 2. The highest BCUT2D eigenvalue weighted by molar-refractivity contribution is 6.13. The molecule has 0 amide bonds. The zero-order chi connectivity index (χ0) is 44.3. The molecule has 3 heteroatoms. The van der Waals surface area contributed by atoms with Crippen molar-refractivity contribution in [3.05, 3.63) is 249 Å². The van der Waals surface area contributed by atoms with Crippen LogP contribution in [0.3, 0.4) is 0 Å². The molecular formula is C64H41NO2. The second kappa shape index (κ2) is 16.0. The van der Waals surface area contributed by atoms with Crippen molar-refractivity contribution >= 4 is 71.7 Å². The van der Waals surface area contributed by atoms with Crippen molar-refractivity contribution < 1.29 is 8.83 Å². The van der Waals surface area contributed by atoms with Crippen LogP contribution in [-0.2, 0) is 0 Å². The van der Waals surface area contributed by atoms with Gasteiger partial charge in [0.2, 0.25) is 0 Å². The molecule has 0 saturated carbocycles. The lowest BCUT2D eigenvalue weighted by atomic mass is 9.96. The first-order valence-corrected chi connectivity index (χ1v) is 22.8. The largest absolute Gasteiger partial charge is 0.456 e. The van der Waals surface area contributed by atoms with Gasteiger partial charge in [-0.25, -0.2) is 0 Å². The Morgan fingerprint density at radius 3 is 1.15 bits per heavy atom. The van der Waals surface area contributed by atoms with E-state index in [9.17, 15) is 0 Å². The van der Waals surface area contributed by atoms with E-state index in [1.54, 1.807) is 0 Å². The van der Waals surface area contributed by atoms with Gasteiger partial charge in [0.05, 0.1) is 0 Å². The van der Waals surface area contributed by atoms with Crippen LogP contribution in [0.1, 0.15) is 0 Å². The quantitative estimate of drug-likeness (QED) is 0.152. The normalized spacial score (nSPS) is 11.6. The molecule has 0 saturated heterocycles. The van der Waals surface area contributed by atoms with Crippen LogP contribution in [-0.4, -0.2) is 0 Å². The maximum atomic E-state index is 6.26. The number of rotatable bonds is 8. The van der Waals surface area contributed by atoms with Crippen molar-refractivity contribution in [2.75, 3.05) is 4.90 Å². The second-order valence-electron chi connectivity index (χ2n) is 17.2. The number of furan rings is 2. The molecule has 0 spiro atoms. The van der Waals surface area contributed by atoms with Gasteiger partial charge in [0, 0.05) is 38.6 Å². The summed E-state index contributed by atoms with van der Waals surface area (Å²) in [4.78, 5) is 2.34. The molecule has 0 aliphatic heterocycles. The molecule has 2 aromatic heterocycles. The van der Waals surface area contributed by atoms with Crippen molar-refractivity contribution in [2.45, 2.75) is 0 Å². The minimum absolute atomic E-state index is 0.893. The summed E-state index contributed by atoms with van der Waals surface area (Å²) in [5.74, 6) is 0. The van der Waals surface area contributed by atoms with E-state index in [0.717, 1.165) is 88.8 Å². The van der Waals surface area contributed by atoms with Gasteiger partial charge < -0.3 is 13.7 Å². The molecular weight excluding hydrogens is 815 g/mol. The Morgan fingerprint density at radius 2 is 0.612 bits per heavy atom. The predicted molar refractivity (Wildman–Crippen MR) is 280 cm³/mol. The Kier molecular flexibility index (Phi) is 9.17. The topological polar surface area (TPSA) is 29.5 Å². The minimum Gasteiger partial charge on any atom is -0.456 e. The molecule has 0 aliphatic carbocycles. The first-order chi connectivity index (χ1) is 33.2. The minimum atomic E-state index is 0.893. The van der Waals surface area contributed by atoms with Gasteiger partial charge in [0.1, 0.15) is 22.3 Å². The summed E-state index contributed by atoms with van der Waals surface area (Å²) in [6.07, 6.45) is 0. The molecule has 314 valence electrons. The van der Waals surface area contributed by atoms with Crippen LogP contribution in [0.15, 0.2) is 258 Å².